The molecule has 6 heteroatoms. The summed E-state index contributed by atoms with van der Waals surface area (Å²) in [4.78, 5) is 13.8. The third-order valence-electron chi connectivity index (χ3n) is 4.74. The van der Waals surface area contributed by atoms with Gasteiger partial charge >= 0.3 is 0 Å². The van der Waals surface area contributed by atoms with Gasteiger partial charge in [0.25, 0.3) is 0 Å². The quantitative estimate of drug-likeness (QED) is 0.785. The summed E-state index contributed by atoms with van der Waals surface area (Å²) in [5.41, 5.74) is 1.70. The minimum Gasteiger partial charge on any atom is -0.312 e. The lowest BCUT2D eigenvalue weighted by Crippen LogP contribution is -2.30. The Morgan fingerprint density at radius 2 is 1.70 bits per heavy atom. The predicted octanol–water partition coefficient (Wildman–Crippen LogP) is 3.88. The topological polar surface area (TPSA) is 66.5 Å². The van der Waals surface area contributed by atoms with Crippen molar-refractivity contribution in [3.8, 4) is 0 Å². The van der Waals surface area contributed by atoms with Gasteiger partial charge in [-0.1, -0.05) is 44.2 Å². The lowest BCUT2D eigenvalue weighted by atomic mass is 9.98. The smallest absolute Gasteiger partial charge is 0.241 e. The predicted molar refractivity (Wildman–Crippen MR) is 107 cm³/mol. The van der Waals surface area contributed by atoms with Crippen molar-refractivity contribution in [1.29, 1.82) is 0 Å². The third-order valence-corrected chi connectivity index (χ3v) is 6.23. The van der Waals surface area contributed by atoms with Crippen LogP contribution in [0.25, 0.3) is 0 Å². The van der Waals surface area contributed by atoms with E-state index in [0.717, 1.165) is 17.7 Å². The fourth-order valence-electron chi connectivity index (χ4n) is 3.39. The van der Waals surface area contributed by atoms with E-state index in [2.05, 4.69) is 18.6 Å². The molecule has 3 rings (SSSR count). The lowest BCUT2D eigenvalue weighted by molar-refractivity contribution is -0.117. The summed E-state index contributed by atoms with van der Waals surface area (Å²) < 4.78 is 28.7. The molecule has 144 valence electrons. The molecular weight excluding hydrogens is 360 g/mol. The van der Waals surface area contributed by atoms with Gasteiger partial charge in [0.15, 0.2) is 0 Å². The number of carbonyl (C=O) groups is 1. The van der Waals surface area contributed by atoms with Crippen molar-refractivity contribution in [3.05, 3.63) is 60.2 Å². The highest BCUT2D eigenvalue weighted by Gasteiger charge is 2.24. The largest absolute Gasteiger partial charge is 0.312 e. The number of hydrogen-bond donors (Lipinski definition) is 1. The molecule has 5 nitrogen and oxygen atoms in total. The van der Waals surface area contributed by atoms with Gasteiger partial charge in [0.1, 0.15) is 0 Å². The van der Waals surface area contributed by atoms with E-state index in [1.54, 1.807) is 29.2 Å². The van der Waals surface area contributed by atoms with Crippen molar-refractivity contribution in [2.24, 2.45) is 5.92 Å². The molecule has 0 spiro atoms. The molecule has 0 aromatic heterocycles. The molecular formula is C21H26N2O3S. The number of nitrogens with zero attached hydrogens (tertiary/aromatic N) is 1. The maximum absolute atomic E-state index is 12.9. The maximum atomic E-state index is 12.9. The molecule has 0 unspecified atom stereocenters. The van der Waals surface area contributed by atoms with Crippen molar-refractivity contribution in [2.75, 3.05) is 11.4 Å². The Kier molecular flexibility index (Phi) is 5.97. The van der Waals surface area contributed by atoms with E-state index in [0.29, 0.717) is 25.3 Å². The molecule has 1 N–H and O–H groups in total. The molecule has 1 amide bonds. The van der Waals surface area contributed by atoms with Gasteiger partial charge < -0.3 is 4.90 Å². The van der Waals surface area contributed by atoms with Gasteiger partial charge in [0.2, 0.25) is 15.9 Å². The van der Waals surface area contributed by atoms with Crippen molar-refractivity contribution in [1.82, 2.24) is 4.72 Å². The zero-order valence-electron chi connectivity index (χ0n) is 15.8. The Labute approximate surface area is 161 Å². The highest BCUT2D eigenvalue weighted by atomic mass is 32.2. The monoisotopic (exact) mass is 386 g/mol. The molecule has 1 aliphatic heterocycles. The second-order valence-corrected chi connectivity index (χ2v) is 9.07. The second-order valence-electron chi connectivity index (χ2n) is 7.36. The number of carbonyl (C=O) groups excluding carboxylic acids is 1. The number of amides is 1. The Morgan fingerprint density at radius 1 is 1.04 bits per heavy atom. The fourth-order valence-corrected chi connectivity index (χ4v) is 4.63. The minimum atomic E-state index is -3.66. The van der Waals surface area contributed by atoms with Crippen LogP contribution in [0.2, 0.25) is 0 Å². The second kappa shape index (κ2) is 8.23. The molecule has 2 aromatic rings. The Balaban J connectivity index is 1.81. The van der Waals surface area contributed by atoms with Crippen LogP contribution in [0, 0.1) is 5.92 Å². The zero-order chi connectivity index (χ0) is 19.4. The van der Waals surface area contributed by atoms with E-state index < -0.39 is 10.0 Å². The first-order valence-electron chi connectivity index (χ1n) is 9.34. The van der Waals surface area contributed by atoms with Gasteiger partial charge in [0.05, 0.1) is 4.90 Å². The van der Waals surface area contributed by atoms with Crippen molar-refractivity contribution < 1.29 is 13.2 Å². The van der Waals surface area contributed by atoms with E-state index in [1.807, 2.05) is 30.3 Å². The van der Waals surface area contributed by atoms with E-state index in [-0.39, 0.29) is 16.8 Å². The van der Waals surface area contributed by atoms with Crippen LogP contribution in [0.5, 0.6) is 0 Å². The number of hydrogen-bond acceptors (Lipinski definition) is 3. The first-order valence-corrected chi connectivity index (χ1v) is 10.8. The SMILES string of the molecule is CC(C)C[C@@H](NS(=O)(=O)c1ccc(N2CCCC2=O)cc1)c1ccccc1. The molecule has 2 aromatic carbocycles. The van der Waals surface area contributed by atoms with Crippen LogP contribution >= 0.6 is 0 Å². The molecule has 0 saturated carbocycles. The molecule has 0 aliphatic carbocycles. The maximum Gasteiger partial charge on any atom is 0.241 e. The minimum absolute atomic E-state index is 0.0878. The highest BCUT2D eigenvalue weighted by molar-refractivity contribution is 7.89. The Morgan fingerprint density at radius 3 is 2.26 bits per heavy atom. The van der Waals surface area contributed by atoms with Gasteiger partial charge in [-0.3, -0.25) is 4.79 Å². The lowest BCUT2D eigenvalue weighted by Gasteiger charge is -2.21. The van der Waals surface area contributed by atoms with Crippen LogP contribution in [0.1, 0.15) is 44.7 Å². The first-order chi connectivity index (χ1) is 12.9. The number of anilines is 1. The van der Waals surface area contributed by atoms with Crippen molar-refractivity contribution in [3.63, 3.8) is 0 Å². The summed E-state index contributed by atoms with van der Waals surface area (Å²) in [5.74, 6) is 0.436. The molecule has 1 atom stereocenters. The van der Waals surface area contributed by atoms with Crippen LogP contribution in [0.3, 0.4) is 0 Å². The average Bonchev–Trinajstić information content (AvgIpc) is 3.07. The van der Waals surface area contributed by atoms with Crippen LogP contribution in [-0.4, -0.2) is 20.9 Å². The van der Waals surface area contributed by atoms with Gasteiger partial charge in [-0.25, -0.2) is 13.1 Å². The van der Waals surface area contributed by atoms with Crippen LogP contribution < -0.4 is 9.62 Å². The summed E-state index contributed by atoms with van der Waals surface area (Å²) in [7, 11) is -3.66. The molecule has 1 fully saturated rings. The van der Waals surface area contributed by atoms with Gasteiger partial charge in [0, 0.05) is 24.7 Å². The zero-order valence-corrected chi connectivity index (χ0v) is 16.6. The van der Waals surface area contributed by atoms with E-state index in [9.17, 15) is 13.2 Å². The molecule has 27 heavy (non-hydrogen) atoms. The highest BCUT2D eigenvalue weighted by Crippen LogP contribution is 2.26. The summed E-state index contributed by atoms with van der Waals surface area (Å²) in [6.45, 7) is 4.84. The number of sulfonamides is 1. The summed E-state index contributed by atoms with van der Waals surface area (Å²) in [6, 6.07) is 15.9. The Hall–Kier alpha value is -2.18. The van der Waals surface area contributed by atoms with Crippen molar-refractivity contribution >= 4 is 21.6 Å². The van der Waals surface area contributed by atoms with E-state index in [1.165, 1.54) is 0 Å². The van der Waals surface area contributed by atoms with E-state index >= 15 is 0 Å². The third kappa shape index (κ3) is 4.76. The van der Waals surface area contributed by atoms with E-state index in [4.69, 9.17) is 0 Å². The van der Waals surface area contributed by atoms with Crippen LogP contribution in [0.4, 0.5) is 5.69 Å². The van der Waals surface area contributed by atoms with Gasteiger partial charge in [-0.05, 0) is 48.6 Å². The van der Waals surface area contributed by atoms with Crippen LogP contribution in [0.15, 0.2) is 59.5 Å². The van der Waals surface area contributed by atoms with Gasteiger partial charge in [-0.15, -0.1) is 0 Å². The average molecular weight is 387 g/mol. The number of benzene rings is 2. The van der Waals surface area contributed by atoms with Crippen molar-refractivity contribution in [2.45, 2.75) is 44.0 Å². The number of nitrogens with one attached hydrogen (secondary N) is 1. The standard InChI is InChI=1S/C21H26N2O3S/c1-16(2)15-20(17-7-4-3-5-8-17)22-27(25,26)19-12-10-18(11-13-19)23-14-6-9-21(23)24/h3-5,7-8,10-13,16,20,22H,6,9,14-15H2,1-2H3/t20-/m1/s1. The molecule has 1 aliphatic rings. The molecule has 1 saturated heterocycles. The fraction of sp³-hybridized carbons (Fsp3) is 0.381. The molecule has 0 bridgehead atoms. The summed E-state index contributed by atoms with van der Waals surface area (Å²) >= 11 is 0. The number of rotatable bonds is 7. The van der Waals surface area contributed by atoms with Gasteiger partial charge in [-0.2, -0.15) is 0 Å². The normalized spacial score (nSPS) is 16.1. The summed E-state index contributed by atoms with van der Waals surface area (Å²) in [5, 5.41) is 0. The summed E-state index contributed by atoms with van der Waals surface area (Å²) in [6.07, 6.45) is 2.10. The molecule has 1 heterocycles. The first kappa shape index (κ1) is 19.6. The van der Waals surface area contributed by atoms with Crippen LogP contribution in [-0.2, 0) is 14.8 Å². The molecule has 0 radical (unpaired) electrons. The Bertz CT molecular complexity index is 877.